The van der Waals surface area contributed by atoms with Crippen LogP contribution in [-0.2, 0) is 6.54 Å². The van der Waals surface area contributed by atoms with Gasteiger partial charge in [0.2, 0.25) is 0 Å². The zero-order valence-corrected chi connectivity index (χ0v) is 13.3. The van der Waals surface area contributed by atoms with Crippen molar-refractivity contribution in [3.63, 3.8) is 0 Å². The summed E-state index contributed by atoms with van der Waals surface area (Å²) in [5.74, 6) is 1.53. The lowest BCUT2D eigenvalue weighted by Gasteiger charge is -2.19. The minimum atomic E-state index is -0.414. The number of hydrogen-bond donors (Lipinski definition) is 2. The molecule has 0 spiro atoms. The van der Waals surface area contributed by atoms with Crippen molar-refractivity contribution >= 4 is 17.4 Å². The van der Waals surface area contributed by atoms with E-state index in [1.165, 1.54) is 4.57 Å². The maximum absolute atomic E-state index is 11.9. The number of benzene rings is 1. The number of nitrogens with two attached hydrogens (primary N) is 2. The molecule has 6 nitrogen and oxygen atoms in total. The third-order valence-electron chi connectivity index (χ3n) is 4.87. The van der Waals surface area contributed by atoms with Crippen molar-refractivity contribution in [2.45, 2.75) is 12.6 Å². The van der Waals surface area contributed by atoms with Crippen LogP contribution < -0.4 is 17.2 Å². The van der Waals surface area contributed by atoms with Crippen LogP contribution in [0.3, 0.4) is 0 Å². The van der Waals surface area contributed by atoms with Crippen LogP contribution in [0.5, 0.6) is 0 Å². The number of nitrogens with zero attached hydrogens (tertiary/aromatic N) is 3. The minimum Gasteiger partial charge on any atom is -0.383 e. The van der Waals surface area contributed by atoms with E-state index >= 15 is 0 Å². The molecule has 4 N–H and O–H groups in total. The molecule has 23 heavy (non-hydrogen) atoms. The molecule has 7 heteroatoms. The topological polar surface area (TPSA) is 90.2 Å². The van der Waals surface area contributed by atoms with Crippen LogP contribution in [-0.4, -0.2) is 33.6 Å². The summed E-state index contributed by atoms with van der Waals surface area (Å²) in [6.45, 7) is 2.91. The molecular formula is C16H18ClN5O. The van der Waals surface area contributed by atoms with Gasteiger partial charge in [0.05, 0.1) is 5.69 Å². The van der Waals surface area contributed by atoms with Crippen molar-refractivity contribution in [2.75, 3.05) is 18.8 Å². The largest absolute Gasteiger partial charge is 0.383 e. The van der Waals surface area contributed by atoms with E-state index in [-0.39, 0.29) is 5.82 Å². The molecule has 2 aromatic rings. The summed E-state index contributed by atoms with van der Waals surface area (Å²) >= 11 is 6.41. The molecule has 2 heterocycles. The Bertz CT molecular complexity index is 808. The summed E-state index contributed by atoms with van der Waals surface area (Å²) in [6.07, 6.45) is 1.60. The first kappa shape index (κ1) is 14.7. The van der Waals surface area contributed by atoms with E-state index in [2.05, 4.69) is 9.88 Å². The van der Waals surface area contributed by atoms with Crippen molar-refractivity contribution in [1.29, 1.82) is 0 Å². The summed E-state index contributed by atoms with van der Waals surface area (Å²) in [4.78, 5) is 18.0. The number of piperidine rings is 1. The first-order chi connectivity index (χ1) is 11.0. The Balaban J connectivity index is 1.54. The first-order valence-electron chi connectivity index (χ1n) is 7.65. The number of fused-ring (bicyclic) bond motifs is 1. The molecule has 120 valence electrons. The Hall–Kier alpha value is -1.89. The van der Waals surface area contributed by atoms with Crippen LogP contribution in [0.4, 0.5) is 5.82 Å². The van der Waals surface area contributed by atoms with Gasteiger partial charge in [-0.15, -0.1) is 0 Å². The summed E-state index contributed by atoms with van der Waals surface area (Å²) in [6, 6.07) is 7.61. The zero-order chi connectivity index (χ0) is 16.1. The normalized spacial score (nSPS) is 26.3. The van der Waals surface area contributed by atoms with Gasteiger partial charge in [-0.3, -0.25) is 9.47 Å². The number of rotatable bonds is 3. The van der Waals surface area contributed by atoms with Crippen LogP contribution >= 0.6 is 11.6 Å². The summed E-state index contributed by atoms with van der Waals surface area (Å²) in [5, 5.41) is 0.649. The van der Waals surface area contributed by atoms with Gasteiger partial charge in [0.1, 0.15) is 5.82 Å². The van der Waals surface area contributed by atoms with Gasteiger partial charge >= 0.3 is 5.69 Å². The van der Waals surface area contributed by atoms with Gasteiger partial charge in [0, 0.05) is 36.9 Å². The van der Waals surface area contributed by atoms with Crippen molar-refractivity contribution in [3.8, 4) is 5.69 Å². The SMILES string of the molecule is Nc1ccn(-c2ccc(CN3C[C@@H]4C(N)[C@@H]4C3)c(Cl)c2)c(=O)n1. The fourth-order valence-electron chi connectivity index (χ4n) is 3.46. The van der Waals surface area contributed by atoms with Gasteiger partial charge in [-0.25, -0.2) is 4.79 Å². The molecule has 3 atom stereocenters. The highest BCUT2D eigenvalue weighted by atomic mass is 35.5. The molecule has 2 fully saturated rings. The van der Waals surface area contributed by atoms with E-state index in [9.17, 15) is 4.79 Å². The number of likely N-dealkylation sites (tertiary alicyclic amines) is 1. The van der Waals surface area contributed by atoms with E-state index in [1.54, 1.807) is 18.3 Å². The van der Waals surface area contributed by atoms with Crippen molar-refractivity contribution in [1.82, 2.24) is 14.5 Å². The number of aromatic nitrogens is 2. The summed E-state index contributed by atoms with van der Waals surface area (Å²) < 4.78 is 1.43. The van der Waals surface area contributed by atoms with E-state index in [0.717, 1.165) is 25.2 Å². The van der Waals surface area contributed by atoms with Crippen molar-refractivity contribution in [3.05, 3.63) is 51.5 Å². The van der Waals surface area contributed by atoms with Gasteiger partial charge < -0.3 is 11.5 Å². The monoisotopic (exact) mass is 331 g/mol. The minimum absolute atomic E-state index is 0.208. The van der Waals surface area contributed by atoms with Crippen LogP contribution in [0.2, 0.25) is 5.02 Å². The predicted octanol–water partition coefficient (Wildman–Crippen LogP) is 0.857. The second-order valence-electron chi connectivity index (χ2n) is 6.38. The van der Waals surface area contributed by atoms with E-state index in [4.69, 9.17) is 23.1 Å². The molecule has 1 unspecified atom stereocenters. The maximum atomic E-state index is 11.9. The predicted molar refractivity (Wildman–Crippen MR) is 89.5 cm³/mol. The highest BCUT2D eigenvalue weighted by Crippen LogP contribution is 2.44. The molecule has 1 saturated carbocycles. The quantitative estimate of drug-likeness (QED) is 0.870. The molecular weight excluding hydrogens is 314 g/mol. The van der Waals surface area contributed by atoms with Crippen LogP contribution in [0, 0.1) is 11.8 Å². The standard InChI is InChI=1S/C16H18ClN5O/c17-13-5-10(22-4-3-14(18)20-16(22)23)2-1-9(13)6-21-7-11-12(8-21)15(11)19/h1-5,11-12,15H,6-8,19H2,(H2,18,20,23)/t11-,12+,15?. The summed E-state index contributed by atoms with van der Waals surface area (Å²) in [5.41, 5.74) is 12.8. The number of halogens is 1. The Morgan fingerprint density at radius 3 is 2.65 bits per heavy atom. The lowest BCUT2D eigenvalue weighted by molar-refractivity contribution is 0.290. The van der Waals surface area contributed by atoms with Gasteiger partial charge in [-0.1, -0.05) is 17.7 Å². The smallest absolute Gasteiger partial charge is 0.354 e. The number of nitrogen functional groups attached to an aromatic ring is 1. The third kappa shape index (κ3) is 2.63. The molecule has 0 bridgehead atoms. The second kappa shape index (κ2) is 5.33. The van der Waals surface area contributed by atoms with Gasteiger partial charge in [0.25, 0.3) is 0 Å². The average Bonchev–Trinajstić information content (AvgIpc) is 2.94. The molecule has 1 aromatic heterocycles. The average molecular weight is 332 g/mol. The molecule has 0 amide bonds. The Morgan fingerprint density at radius 2 is 2.00 bits per heavy atom. The Kier molecular flexibility index (Phi) is 3.41. The Morgan fingerprint density at radius 1 is 1.26 bits per heavy atom. The summed E-state index contributed by atoms with van der Waals surface area (Å²) in [7, 11) is 0. The second-order valence-corrected chi connectivity index (χ2v) is 6.79. The first-order valence-corrected chi connectivity index (χ1v) is 8.02. The van der Waals surface area contributed by atoms with E-state index in [1.807, 2.05) is 12.1 Å². The molecule has 1 aliphatic heterocycles. The van der Waals surface area contributed by atoms with Crippen LogP contribution in [0.1, 0.15) is 5.56 Å². The fourth-order valence-corrected chi connectivity index (χ4v) is 3.69. The lowest BCUT2D eigenvalue weighted by Crippen LogP contribution is -2.28. The third-order valence-corrected chi connectivity index (χ3v) is 5.22. The van der Waals surface area contributed by atoms with Crippen LogP contribution in [0.25, 0.3) is 5.69 Å². The zero-order valence-electron chi connectivity index (χ0n) is 12.5. The fraction of sp³-hybridized carbons (Fsp3) is 0.375. The van der Waals surface area contributed by atoms with Gasteiger partial charge in [-0.2, -0.15) is 4.98 Å². The molecule has 1 aromatic carbocycles. The highest BCUT2D eigenvalue weighted by Gasteiger charge is 2.53. The molecule has 0 radical (unpaired) electrons. The van der Waals surface area contributed by atoms with E-state index in [0.29, 0.717) is 28.6 Å². The van der Waals surface area contributed by atoms with Crippen molar-refractivity contribution in [2.24, 2.45) is 17.6 Å². The van der Waals surface area contributed by atoms with Crippen LogP contribution in [0.15, 0.2) is 35.3 Å². The highest BCUT2D eigenvalue weighted by molar-refractivity contribution is 6.31. The maximum Gasteiger partial charge on any atom is 0.354 e. The van der Waals surface area contributed by atoms with E-state index < -0.39 is 5.69 Å². The molecule has 1 saturated heterocycles. The van der Waals surface area contributed by atoms with Crippen molar-refractivity contribution < 1.29 is 0 Å². The lowest BCUT2D eigenvalue weighted by atomic mass is 10.2. The number of anilines is 1. The molecule has 1 aliphatic carbocycles. The van der Waals surface area contributed by atoms with Gasteiger partial charge in [-0.05, 0) is 35.6 Å². The molecule has 4 rings (SSSR count). The molecule has 2 aliphatic rings. The Labute approximate surface area is 138 Å². The number of hydrogen-bond acceptors (Lipinski definition) is 5. The van der Waals surface area contributed by atoms with Gasteiger partial charge in [0.15, 0.2) is 0 Å².